The summed E-state index contributed by atoms with van der Waals surface area (Å²) in [6, 6.07) is 8.53. The Hall–Kier alpha value is -1.58. The maximum atomic E-state index is 12.2. The van der Waals surface area contributed by atoms with Crippen LogP contribution in [0.25, 0.3) is 0 Å². The van der Waals surface area contributed by atoms with Crippen LogP contribution in [0.3, 0.4) is 0 Å². The van der Waals surface area contributed by atoms with Gasteiger partial charge in [-0.1, -0.05) is 29.3 Å². The summed E-state index contributed by atoms with van der Waals surface area (Å²) >= 11 is 12.1. The summed E-state index contributed by atoms with van der Waals surface area (Å²) in [5.74, 6) is 0.253. The first-order valence-electron chi connectivity index (χ1n) is 5.58. The van der Waals surface area contributed by atoms with Gasteiger partial charge >= 0.3 is 0 Å². The highest BCUT2D eigenvalue weighted by molar-refractivity contribution is 6.36. The molecule has 2 rings (SSSR count). The molecule has 0 aliphatic heterocycles. The number of benzene rings is 1. The third-order valence-electron chi connectivity index (χ3n) is 2.65. The highest BCUT2D eigenvalue weighted by Crippen LogP contribution is 2.26. The number of carbonyl (C=O) groups is 1. The van der Waals surface area contributed by atoms with Gasteiger partial charge in [-0.05, 0) is 29.8 Å². The molecule has 5 heteroatoms. The van der Waals surface area contributed by atoms with Crippen LogP contribution in [0.5, 0.6) is 5.75 Å². The van der Waals surface area contributed by atoms with Gasteiger partial charge in [0.1, 0.15) is 11.4 Å². The van der Waals surface area contributed by atoms with Crippen molar-refractivity contribution in [2.75, 3.05) is 7.11 Å². The maximum absolute atomic E-state index is 12.2. The van der Waals surface area contributed by atoms with E-state index in [0.717, 1.165) is 0 Å². The van der Waals surface area contributed by atoms with Crippen molar-refractivity contribution in [3.63, 3.8) is 0 Å². The number of hydrogen-bond acceptors (Lipinski definition) is 3. The van der Waals surface area contributed by atoms with Gasteiger partial charge in [-0.25, -0.2) is 4.98 Å². The first-order chi connectivity index (χ1) is 9.13. The standard InChI is InChI=1S/C14H11Cl2NO2/c1-19-13-6-3-7-17-14(13)12(18)8-9-10(15)4-2-5-11(9)16/h2-7H,8H2,1H3. The van der Waals surface area contributed by atoms with Crippen molar-refractivity contribution in [3.8, 4) is 5.75 Å². The van der Waals surface area contributed by atoms with Crippen LogP contribution >= 0.6 is 23.2 Å². The van der Waals surface area contributed by atoms with E-state index >= 15 is 0 Å². The lowest BCUT2D eigenvalue weighted by molar-refractivity contribution is 0.0985. The average Bonchev–Trinajstić information content (AvgIpc) is 2.42. The van der Waals surface area contributed by atoms with Crippen LogP contribution in [0.1, 0.15) is 16.1 Å². The highest BCUT2D eigenvalue weighted by Gasteiger charge is 2.17. The van der Waals surface area contributed by atoms with Crippen molar-refractivity contribution in [2.24, 2.45) is 0 Å². The monoisotopic (exact) mass is 295 g/mol. The zero-order valence-corrected chi connectivity index (χ0v) is 11.7. The van der Waals surface area contributed by atoms with E-state index in [2.05, 4.69) is 4.98 Å². The Balaban J connectivity index is 2.31. The first kappa shape index (κ1) is 13.8. The van der Waals surface area contributed by atoms with Crippen molar-refractivity contribution in [1.82, 2.24) is 4.98 Å². The fraction of sp³-hybridized carbons (Fsp3) is 0.143. The summed E-state index contributed by atoms with van der Waals surface area (Å²) < 4.78 is 5.12. The number of rotatable bonds is 4. The van der Waals surface area contributed by atoms with Crippen LogP contribution in [0, 0.1) is 0 Å². The molecule has 0 saturated heterocycles. The molecule has 3 nitrogen and oxygen atoms in total. The van der Waals surface area contributed by atoms with Gasteiger partial charge in [0, 0.05) is 22.7 Å². The summed E-state index contributed by atoms with van der Waals surface area (Å²) in [4.78, 5) is 16.3. The molecule has 0 aliphatic carbocycles. The Kier molecular flexibility index (Phi) is 4.40. The van der Waals surface area contributed by atoms with Crippen molar-refractivity contribution < 1.29 is 9.53 Å². The molecule has 1 aromatic carbocycles. The van der Waals surface area contributed by atoms with Crippen molar-refractivity contribution in [1.29, 1.82) is 0 Å². The minimum absolute atomic E-state index is 0.0892. The Labute approximate surface area is 121 Å². The molecular formula is C14H11Cl2NO2. The largest absolute Gasteiger partial charge is 0.494 e. The van der Waals surface area contributed by atoms with Crippen LogP contribution in [0.4, 0.5) is 0 Å². The topological polar surface area (TPSA) is 39.2 Å². The number of Topliss-reactive ketones (excluding diaryl/α,β-unsaturated/α-hetero) is 1. The summed E-state index contributed by atoms with van der Waals surface area (Å²) in [5.41, 5.74) is 0.879. The van der Waals surface area contributed by atoms with Crippen LogP contribution in [-0.2, 0) is 6.42 Å². The minimum atomic E-state index is -0.188. The predicted octanol–water partition coefficient (Wildman–Crippen LogP) is 3.82. The van der Waals surface area contributed by atoms with Gasteiger partial charge in [0.25, 0.3) is 0 Å². The highest BCUT2D eigenvalue weighted by atomic mass is 35.5. The molecule has 0 spiro atoms. The number of halogens is 2. The van der Waals surface area contributed by atoms with E-state index < -0.39 is 0 Å². The van der Waals surface area contributed by atoms with Crippen LogP contribution in [0.15, 0.2) is 36.5 Å². The van der Waals surface area contributed by atoms with E-state index in [0.29, 0.717) is 21.4 Å². The molecule has 0 amide bonds. The van der Waals surface area contributed by atoms with Crippen LogP contribution < -0.4 is 4.74 Å². The molecule has 0 aliphatic rings. The number of aromatic nitrogens is 1. The molecule has 0 atom stereocenters. The third kappa shape index (κ3) is 3.06. The lowest BCUT2D eigenvalue weighted by Gasteiger charge is -2.08. The second-order valence-corrected chi connectivity index (χ2v) is 4.67. The summed E-state index contributed by atoms with van der Waals surface area (Å²) in [6.07, 6.45) is 1.63. The third-order valence-corrected chi connectivity index (χ3v) is 3.36. The minimum Gasteiger partial charge on any atom is -0.494 e. The quantitative estimate of drug-likeness (QED) is 0.805. The van der Waals surface area contributed by atoms with E-state index in [4.69, 9.17) is 27.9 Å². The van der Waals surface area contributed by atoms with Crippen LogP contribution in [0.2, 0.25) is 10.0 Å². The molecule has 0 unspecified atom stereocenters. The van der Waals surface area contributed by atoms with Gasteiger partial charge in [0.15, 0.2) is 5.78 Å². The van der Waals surface area contributed by atoms with E-state index in [1.807, 2.05) is 0 Å². The number of ketones is 1. The Bertz CT molecular complexity index is 594. The molecule has 2 aromatic rings. The van der Waals surface area contributed by atoms with Gasteiger partial charge in [0.05, 0.1) is 7.11 Å². The first-order valence-corrected chi connectivity index (χ1v) is 6.34. The van der Waals surface area contributed by atoms with Gasteiger partial charge in [-0.15, -0.1) is 0 Å². The predicted molar refractivity (Wildman–Crippen MR) is 75.3 cm³/mol. The summed E-state index contributed by atoms with van der Waals surface area (Å²) in [5, 5.41) is 0.937. The smallest absolute Gasteiger partial charge is 0.189 e. The molecule has 19 heavy (non-hydrogen) atoms. The number of carbonyl (C=O) groups excluding carboxylic acids is 1. The number of methoxy groups -OCH3 is 1. The lowest BCUT2D eigenvalue weighted by Crippen LogP contribution is -2.08. The maximum Gasteiger partial charge on any atom is 0.189 e. The number of nitrogens with zero attached hydrogens (tertiary/aromatic N) is 1. The van der Waals surface area contributed by atoms with Gasteiger partial charge in [0.2, 0.25) is 0 Å². The van der Waals surface area contributed by atoms with Gasteiger partial charge in [-0.3, -0.25) is 4.79 Å². The zero-order valence-electron chi connectivity index (χ0n) is 10.2. The van der Waals surface area contributed by atoms with E-state index in [9.17, 15) is 4.79 Å². The molecule has 0 N–H and O–H groups in total. The fourth-order valence-electron chi connectivity index (χ4n) is 1.71. The Morgan fingerprint density at radius 1 is 1.21 bits per heavy atom. The van der Waals surface area contributed by atoms with Gasteiger partial charge < -0.3 is 4.74 Å². The summed E-state index contributed by atoms with van der Waals surface area (Å²) in [6.45, 7) is 0. The Morgan fingerprint density at radius 2 is 1.89 bits per heavy atom. The summed E-state index contributed by atoms with van der Waals surface area (Å²) in [7, 11) is 1.50. The molecule has 1 heterocycles. The second kappa shape index (κ2) is 6.04. The molecule has 0 bridgehead atoms. The lowest BCUT2D eigenvalue weighted by atomic mass is 10.1. The van der Waals surface area contributed by atoms with E-state index in [-0.39, 0.29) is 17.9 Å². The van der Waals surface area contributed by atoms with E-state index in [1.165, 1.54) is 7.11 Å². The molecule has 0 fully saturated rings. The molecule has 1 aromatic heterocycles. The fourth-order valence-corrected chi connectivity index (χ4v) is 2.24. The number of hydrogen-bond donors (Lipinski definition) is 0. The Morgan fingerprint density at radius 3 is 2.53 bits per heavy atom. The second-order valence-electron chi connectivity index (χ2n) is 3.85. The zero-order chi connectivity index (χ0) is 13.8. The molecule has 98 valence electrons. The number of pyridine rings is 1. The van der Waals surface area contributed by atoms with E-state index in [1.54, 1.807) is 36.5 Å². The number of ether oxygens (including phenoxy) is 1. The van der Waals surface area contributed by atoms with Crippen molar-refractivity contribution in [3.05, 3.63) is 57.8 Å². The van der Waals surface area contributed by atoms with Crippen molar-refractivity contribution >= 4 is 29.0 Å². The molecule has 0 radical (unpaired) electrons. The van der Waals surface area contributed by atoms with Gasteiger partial charge in [-0.2, -0.15) is 0 Å². The molecular weight excluding hydrogens is 285 g/mol. The van der Waals surface area contributed by atoms with Crippen molar-refractivity contribution in [2.45, 2.75) is 6.42 Å². The normalized spacial score (nSPS) is 10.3. The average molecular weight is 296 g/mol. The van der Waals surface area contributed by atoms with Crippen LogP contribution in [-0.4, -0.2) is 17.9 Å². The molecule has 0 saturated carbocycles. The SMILES string of the molecule is COc1cccnc1C(=O)Cc1c(Cl)cccc1Cl.